The Bertz CT molecular complexity index is 866. The molecule has 3 aromatic rings. The van der Waals surface area contributed by atoms with Crippen molar-refractivity contribution in [2.75, 3.05) is 20.1 Å². The Kier molecular flexibility index (Phi) is 6.36. The van der Waals surface area contributed by atoms with Crippen LogP contribution in [0.5, 0.6) is 0 Å². The predicted octanol–water partition coefficient (Wildman–Crippen LogP) is 3.62. The summed E-state index contributed by atoms with van der Waals surface area (Å²) >= 11 is 0. The van der Waals surface area contributed by atoms with E-state index in [2.05, 4.69) is 62.0 Å². The molecule has 0 radical (unpaired) electrons. The summed E-state index contributed by atoms with van der Waals surface area (Å²) in [7, 11) is 1.82. The van der Waals surface area contributed by atoms with E-state index in [1.165, 1.54) is 18.4 Å². The maximum atomic E-state index is 4.61. The fourth-order valence-electron chi connectivity index (χ4n) is 3.41. The number of fused-ring (bicyclic) bond motifs is 1. The summed E-state index contributed by atoms with van der Waals surface area (Å²) in [6.45, 7) is 1.71. The number of hydrogen-bond acceptors (Lipinski definition) is 2. The lowest BCUT2D eigenvalue weighted by atomic mass is 9.96. The van der Waals surface area contributed by atoms with Crippen molar-refractivity contribution in [1.29, 1.82) is 0 Å². The number of aromatic amines is 1. The first kappa shape index (κ1) is 19.7. The van der Waals surface area contributed by atoms with Gasteiger partial charge >= 0.3 is 0 Å². The van der Waals surface area contributed by atoms with Crippen molar-refractivity contribution >= 4 is 41.0 Å². The van der Waals surface area contributed by atoms with E-state index < -0.39 is 0 Å². The number of imidazole rings is 1. The van der Waals surface area contributed by atoms with E-state index >= 15 is 0 Å². The molecule has 27 heavy (non-hydrogen) atoms. The van der Waals surface area contributed by atoms with Gasteiger partial charge in [0.2, 0.25) is 0 Å². The molecule has 0 bridgehead atoms. The minimum absolute atomic E-state index is 0. The molecule has 3 N–H and O–H groups in total. The van der Waals surface area contributed by atoms with Crippen molar-refractivity contribution in [2.45, 2.75) is 24.7 Å². The predicted molar refractivity (Wildman–Crippen MR) is 122 cm³/mol. The molecule has 142 valence electrons. The molecule has 0 atom stereocenters. The van der Waals surface area contributed by atoms with Crippen molar-refractivity contribution in [1.82, 2.24) is 20.6 Å². The Labute approximate surface area is 177 Å². The van der Waals surface area contributed by atoms with Gasteiger partial charge in [-0.15, -0.1) is 24.0 Å². The lowest BCUT2D eigenvalue weighted by Gasteiger charge is -2.19. The van der Waals surface area contributed by atoms with Crippen LogP contribution in [0.1, 0.15) is 24.2 Å². The summed E-state index contributed by atoms with van der Waals surface area (Å²) in [5.41, 5.74) is 3.80. The normalized spacial score (nSPS) is 15.2. The number of guanidine groups is 1. The minimum Gasteiger partial charge on any atom is -0.356 e. The van der Waals surface area contributed by atoms with Crippen molar-refractivity contribution in [3.8, 4) is 0 Å². The molecular weight excluding hydrogens is 449 g/mol. The first-order valence-electron chi connectivity index (χ1n) is 9.23. The van der Waals surface area contributed by atoms with Gasteiger partial charge in [-0.25, -0.2) is 4.98 Å². The molecule has 4 rings (SSSR count). The molecule has 1 aliphatic rings. The van der Waals surface area contributed by atoms with Crippen LogP contribution in [0.25, 0.3) is 11.0 Å². The zero-order valence-corrected chi connectivity index (χ0v) is 17.9. The van der Waals surface area contributed by atoms with E-state index in [1.54, 1.807) is 0 Å². The van der Waals surface area contributed by atoms with Gasteiger partial charge in [-0.1, -0.05) is 42.5 Å². The van der Waals surface area contributed by atoms with Crippen LogP contribution in [0.3, 0.4) is 0 Å². The Morgan fingerprint density at radius 1 is 1.07 bits per heavy atom. The average Bonchev–Trinajstić information content (AvgIpc) is 3.37. The summed E-state index contributed by atoms with van der Waals surface area (Å²) in [6, 6.07) is 18.9. The molecule has 1 saturated carbocycles. The molecule has 0 saturated heterocycles. The molecule has 0 spiro atoms. The van der Waals surface area contributed by atoms with Gasteiger partial charge in [0.25, 0.3) is 0 Å². The monoisotopic (exact) mass is 475 g/mol. The van der Waals surface area contributed by atoms with Crippen LogP contribution < -0.4 is 10.6 Å². The van der Waals surface area contributed by atoms with Crippen LogP contribution >= 0.6 is 24.0 Å². The summed E-state index contributed by atoms with van der Waals surface area (Å²) in [4.78, 5) is 12.3. The lowest BCUT2D eigenvalue weighted by molar-refractivity contribution is 0.644. The Balaban J connectivity index is 0.00000210. The summed E-state index contributed by atoms with van der Waals surface area (Å²) in [5.74, 6) is 1.85. The van der Waals surface area contributed by atoms with Gasteiger partial charge in [0.1, 0.15) is 5.82 Å². The zero-order chi connectivity index (χ0) is 17.8. The van der Waals surface area contributed by atoms with Gasteiger partial charge in [-0.3, -0.25) is 4.99 Å². The van der Waals surface area contributed by atoms with Crippen LogP contribution in [0.4, 0.5) is 0 Å². The maximum Gasteiger partial charge on any atom is 0.191 e. The van der Waals surface area contributed by atoms with Gasteiger partial charge < -0.3 is 15.6 Å². The average molecular weight is 475 g/mol. The van der Waals surface area contributed by atoms with Crippen LogP contribution in [0.2, 0.25) is 0 Å². The van der Waals surface area contributed by atoms with E-state index in [0.29, 0.717) is 0 Å². The molecule has 1 fully saturated rings. The second kappa shape index (κ2) is 8.73. The largest absolute Gasteiger partial charge is 0.356 e. The Morgan fingerprint density at radius 3 is 2.52 bits per heavy atom. The minimum atomic E-state index is 0. The van der Waals surface area contributed by atoms with E-state index in [4.69, 9.17) is 0 Å². The van der Waals surface area contributed by atoms with E-state index in [-0.39, 0.29) is 29.4 Å². The summed E-state index contributed by atoms with van der Waals surface area (Å²) in [6.07, 6.45) is 3.30. The topological polar surface area (TPSA) is 65.1 Å². The molecule has 1 heterocycles. The van der Waals surface area contributed by atoms with Gasteiger partial charge in [0.05, 0.1) is 11.0 Å². The summed E-state index contributed by atoms with van der Waals surface area (Å²) < 4.78 is 0. The van der Waals surface area contributed by atoms with E-state index in [9.17, 15) is 0 Å². The van der Waals surface area contributed by atoms with Crippen LogP contribution in [-0.2, 0) is 11.8 Å². The van der Waals surface area contributed by atoms with Crippen molar-refractivity contribution < 1.29 is 0 Å². The van der Waals surface area contributed by atoms with Gasteiger partial charge in [0, 0.05) is 32.0 Å². The van der Waals surface area contributed by atoms with Crippen molar-refractivity contribution in [2.24, 2.45) is 4.99 Å². The third-order valence-electron chi connectivity index (χ3n) is 5.15. The lowest BCUT2D eigenvalue weighted by Crippen LogP contribution is -2.42. The quantitative estimate of drug-likeness (QED) is 0.290. The van der Waals surface area contributed by atoms with Crippen LogP contribution in [0, 0.1) is 0 Å². The number of benzene rings is 2. The second-order valence-electron chi connectivity index (χ2n) is 6.95. The fraction of sp³-hybridized carbons (Fsp3) is 0.333. The molecule has 6 heteroatoms. The fourth-order valence-corrected chi connectivity index (χ4v) is 3.41. The number of para-hydroxylation sites is 2. The number of nitrogens with zero attached hydrogens (tertiary/aromatic N) is 2. The Hall–Kier alpha value is -2.09. The highest BCUT2D eigenvalue weighted by molar-refractivity contribution is 14.0. The highest BCUT2D eigenvalue weighted by Gasteiger charge is 2.43. The maximum absolute atomic E-state index is 4.61. The number of nitrogens with one attached hydrogen (secondary N) is 3. The number of rotatable bonds is 6. The van der Waals surface area contributed by atoms with E-state index in [1.807, 2.05) is 25.2 Å². The number of halogens is 1. The Morgan fingerprint density at radius 2 is 1.81 bits per heavy atom. The number of aromatic nitrogens is 2. The summed E-state index contributed by atoms with van der Waals surface area (Å²) in [5, 5.41) is 6.88. The molecule has 1 aromatic heterocycles. The number of aliphatic imine (C=N–C) groups is 1. The second-order valence-corrected chi connectivity index (χ2v) is 6.95. The molecule has 0 aliphatic heterocycles. The SMILES string of the molecule is CN=C(NCCc1nc2ccccc2[nH]1)NCC1(c2ccccc2)CC1.I. The molecule has 2 aromatic carbocycles. The molecule has 0 amide bonds. The number of H-pyrrole nitrogens is 1. The van der Waals surface area contributed by atoms with Crippen molar-refractivity contribution in [3.63, 3.8) is 0 Å². The third-order valence-corrected chi connectivity index (χ3v) is 5.15. The first-order chi connectivity index (χ1) is 12.8. The van der Waals surface area contributed by atoms with E-state index in [0.717, 1.165) is 42.3 Å². The van der Waals surface area contributed by atoms with Gasteiger partial charge in [-0.2, -0.15) is 0 Å². The highest BCUT2D eigenvalue weighted by atomic mass is 127. The van der Waals surface area contributed by atoms with Gasteiger partial charge in [-0.05, 0) is 30.5 Å². The first-order valence-corrected chi connectivity index (χ1v) is 9.23. The smallest absolute Gasteiger partial charge is 0.191 e. The van der Waals surface area contributed by atoms with Crippen LogP contribution in [-0.4, -0.2) is 36.1 Å². The zero-order valence-electron chi connectivity index (χ0n) is 15.5. The molecule has 0 unspecified atom stereocenters. The standard InChI is InChI=1S/C21H25N5.HI/c1-22-20(24-15-21(12-13-21)16-7-3-2-4-8-16)23-14-11-19-25-17-9-5-6-10-18(17)26-19;/h2-10H,11-15H2,1H3,(H,25,26)(H2,22,23,24);1H. The number of hydrogen-bond donors (Lipinski definition) is 3. The van der Waals surface area contributed by atoms with Crippen LogP contribution in [0.15, 0.2) is 59.6 Å². The molecule has 1 aliphatic carbocycles. The third kappa shape index (κ3) is 4.61. The highest BCUT2D eigenvalue weighted by Crippen LogP contribution is 2.47. The van der Waals surface area contributed by atoms with Gasteiger partial charge in [0.15, 0.2) is 5.96 Å². The molecule has 5 nitrogen and oxygen atoms in total. The molecular formula is C21H26IN5. The van der Waals surface area contributed by atoms with Crippen molar-refractivity contribution in [3.05, 3.63) is 66.0 Å².